The number of carbonyl (C=O) groups is 1. The van der Waals surface area contributed by atoms with Crippen molar-refractivity contribution < 1.29 is 9.53 Å². The first kappa shape index (κ1) is 9.95. The third-order valence-electron chi connectivity index (χ3n) is 1.24. The summed E-state index contributed by atoms with van der Waals surface area (Å²) in [4.78, 5) is 10.9. The van der Waals surface area contributed by atoms with Gasteiger partial charge in [0, 0.05) is 0 Å². The van der Waals surface area contributed by atoms with Crippen molar-refractivity contribution in [3.8, 4) is 0 Å². The Hall–Kier alpha value is -1.05. The van der Waals surface area contributed by atoms with Crippen LogP contribution < -0.4 is 0 Å². The van der Waals surface area contributed by atoms with Crippen LogP contribution in [0.4, 0.5) is 0 Å². The molecule has 2 nitrogen and oxygen atoms in total. The minimum atomic E-state index is -0.367. The maximum Gasteiger partial charge on any atom is 0.337 e. The summed E-state index contributed by atoms with van der Waals surface area (Å²) in [6.07, 6.45) is 3.32. The predicted octanol–water partition coefficient (Wildman–Crippen LogP) is 2.07. The zero-order chi connectivity index (χ0) is 8.69. The molecule has 0 radical (unpaired) electrons. The summed E-state index contributed by atoms with van der Waals surface area (Å²) in [6.45, 7) is 9.38. The second-order valence-electron chi connectivity index (χ2n) is 2.22. The fourth-order valence-electron chi connectivity index (χ4n) is 0.485. The Bertz CT molecular complexity index is 159. The van der Waals surface area contributed by atoms with E-state index in [0.717, 1.165) is 12.8 Å². The third kappa shape index (κ3) is 4.37. The lowest BCUT2D eigenvalue weighted by molar-refractivity contribution is -0.138. The number of hydrogen-bond acceptors (Lipinski definition) is 2. The van der Waals surface area contributed by atoms with E-state index in [2.05, 4.69) is 13.2 Å². The van der Waals surface area contributed by atoms with Crippen molar-refractivity contribution in [2.75, 3.05) is 6.61 Å². The fraction of sp³-hybridized carbons (Fsp3) is 0.444. The van der Waals surface area contributed by atoms with Gasteiger partial charge >= 0.3 is 5.97 Å². The maximum absolute atomic E-state index is 10.9. The molecular weight excluding hydrogens is 140 g/mol. The molecule has 62 valence electrons. The molecular formula is C9H14O2. The van der Waals surface area contributed by atoms with Gasteiger partial charge in [-0.25, -0.2) is 4.79 Å². The van der Waals surface area contributed by atoms with Crippen molar-refractivity contribution in [3.63, 3.8) is 0 Å². The Morgan fingerprint density at radius 2 is 2.27 bits per heavy atom. The molecule has 0 aromatic heterocycles. The summed E-state index contributed by atoms with van der Waals surface area (Å²) >= 11 is 0. The lowest BCUT2D eigenvalue weighted by atomic mass is 10.3. The standard InChI is InChI=1S/C9H14O2/c1-4-6-7-11-9(10)8(3)5-2/h5H,2-4,6-7H2,1H3. The molecule has 0 aliphatic carbocycles. The Morgan fingerprint density at radius 1 is 1.64 bits per heavy atom. The summed E-state index contributed by atoms with van der Waals surface area (Å²) in [7, 11) is 0. The van der Waals surface area contributed by atoms with Crippen molar-refractivity contribution in [2.45, 2.75) is 19.8 Å². The zero-order valence-electron chi connectivity index (χ0n) is 6.93. The van der Waals surface area contributed by atoms with Crippen LogP contribution in [0, 0.1) is 0 Å². The summed E-state index contributed by atoms with van der Waals surface area (Å²) in [5, 5.41) is 0. The number of unbranched alkanes of at least 4 members (excludes halogenated alkanes) is 1. The van der Waals surface area contributed by atoms with E-state index < -0.39 is 0 Å². The van der Waals surface area contributed by atoms with Crippen LogP contribution in [-0.4, -0.2) is 12.6 Å². The van der Waals surface area contributed by atoms with Gasteiger partial charge in [0.05, 0.1) is 12.2 Å². The highest BCUT2D eigenvalue weighted by Gasteiger charge is 2.02. The van der Waals surface area contributed by atoms with Gasteiger partial charge in [-0.05, 0) is 6.42 Å². The summed E-state index contributed by atoms with van der Waals surface area (Å²) in [5.74, 6) is -0.367. The molecule has 0 amide bonds. The molecule has 0 aromatic rings. The van der Waals surface area contributed by atoms with E-state index in [1.165, 1.54) is 6.08 Å². The van der Waals surface area contributed by atoms with Crippen LogP contribution in [0.15, 0.2) is 24.8 Å². The van der Waals surface area contributed by atoms with Gasteiger partial charge in [0.25, 0.3) is 0 Å². The van der Waals surface area contributed by atoms with Gasteiger partial charge in [0.2, 0.25) is 0 Å². The van der Waals surface area contributed by atoms with Gasteiger partial charge < -0.3 is 4.74 Å². The van der Waals surface area contributed by atoms with Gasteiger partial charge in [-0.15, -0.1) is 0 Å². The highest BCUT2D eigenvalue weighted by molar-refractivity contribution is 5.90. The normalized spacial score (nSPS) is 8.82. The third-order valence-corrected chi connectivity index (χ3v) is 1.24. The molecule has 2 heteroatoms. The monoisotopic (exact) mass is 154 g/mol. The van der Waals surface area contributed by atoms with Crippen LogP contribution in [0.1, 0.15) is 19.8 Å². The van der Waals surface area contributed by atoms with Gasteiger partial charge in [-0.1, -0.05) is 32.6 Å². The number of esters is 1. The molecule has 0 heterocycles. The Morgan fingerprint density at radius 3 is 2.73 bits per heavy atom. The fourth-order valence-corrected chi connectivity index (χ4v) is 0.485. The van der Waals surface area contributed by atoms with Crippen molar-refractivity contribution in [1.82, 2.24) is 0 Å². The topological polar surface area (TPSA) is 26.3 Å². The smallest absolute Gasteiger partial charge is 0.337 e. The molecule has 0 spiro atoms. The van der Waals surface area contributed by atoms with E-state index in [4.69, 9.17) is 4.74 Å². The first-order valence-electron chi connectivity index (χ1n) is 3.70. The minimum absolute atomic E-state index is 0.320. The summed E-state index contributed by atoms with van der Waals surface area (Å²) < 4.78 is 4.83. The van der Waals surface area contributed by atoms with Crippen LogP contribution in [0.25, 0.3) is 0 Å². The Balaban J connectivity index is 3.52. The van der Waals surface area contributed by atoms with Crippen LogP contribution in [0.2, 0.25) is 0 Å². The largest absolute Gasteiger partial charge is 0.462 e. The Labute approximate surface area is 67.6 Å². The van der Waals surface area contributed by atoms with Crippen molar-refractivity contribution >= 4 is 5.97 Å². The molecule has 0 atom stereocenters. The van der Waals surface area contributed by atoms with E-state index in [-0.39, 0.29) is 5.97 Å². The average molecular weight is 154 g/mol. The molecule has 0 bridgehead atoms. The Kier molecular flexibility index (Phi) is 5.17. The van der Waals surface area contributed by atoms with E-state index in [1.807, 2.05) is 6.92 Å². The average Bonchev–Trinajstić information content (AvgIpc) is 2.03. The van der Waals surface area contributed by atoms with E-state index in [9.17, 15) is 4.79 Å². The molecule has 0 aliphatic heterocycles. The molecule has 0 unspecified atom stereocenters. The van der Waals surface area contributed by atoms with Crippen molar-refractivity contribution in [2.24, 2.45) is 0 Å². The zero-order valence-corrected chi connectivity index (χ0v) is 6.93. The SMILES string of the molecule is C=CC(=C)C(=O)OCCCC. The van der Waals surface area contributed by atoms with Crippen LogP contribution in [0.5, 0.6) is 0 Å². The highest BCUT2D eigenvalue weighted by atomic mass is 16.5. The number of carbonyl (C=O) groups excluding carboxylic acids is 1. The summed E-state index contributed by atoms with van der Waals surface area (Å²) in [5.41, 5.74) is 0.320. The lowest BCUT2D eigenvalue weighted by Crippen LogP contribution is -2.06. The van der Waals surface area contributed by atoms with E-state index in [0.29, 0.717) is 12.2 Å². The van der Waals surface area contributed by atoms with Crippen LogP contribution in [-0.2, 0) is 9.53 Å². The molecule has 0 rings (SSSR count). The molecule has 0 fully saturated rings. The first-order valence-corrected chi connectivity index (χ1v) is 3.70. The van der Waals surface area contributed by atoms with Crippen LogP contribution in [0.3, 0.4) is 0 Å². The van der Waals surface area contributed by atoms with Gasteiger partial charge in [-0.2, -0.15) is 0 Å². The number of rotatable bonds is 5. The minimum Gasteiger partial charge on any atom is -0.462 e. The highest BCUT2D eigenvalue weighted by Crippen LogP contribution is 1.96. The quantitative estimate of drug-likeness (QED) is 0.262. The molecule has 0 aliphatic rings. The summed E-state index contributed by atoms with van der Waals surface area (Å²) in [6, 6.07) is 0. The molecule has 0 saturated carbocycles. The van der Waals surface area contributed by atoms with Gasteiger partial charge in [0.15, 0.2) is 0 Å². The molecule has 0 aromatic carbocycles. The lowest BCUT2D eigenvalue weighted by Gasteiger charge is -2.01. The van der Waals surface area contributed by atoms with Gasteiger partial charge in [-0.3, -0.25) is 0 Å². The maximum atomic E-state index is 10.9. The van der Waals surface area contributed by atoms with E-state index in [1.54, 1.807) is 0 Å². The van der Waals surface area contributed by atoms with E-state index >= 15 is 0 Å². The molecule has 0 N–H and O–H groups in total. The second kappa shape index (κ2) is 5.71. The number of hydrogen-bond donors (Lipinski definition) is 0. The van der Waals surface area contributed by atoms with Crippen molar-refractivity contribution in [3.05, 3.63) is 24.8 Å². The molecule has 0 saturated heterocycles. The second-order valence-corrected chi connectivity index (χ2v) is 2.22. The predicted molar refractivity (Wildman–Crippen MR) is 45.2 cm³/mol. The van der Waals surface area contributed by atoms with Gasteiger partial charge in [0.1, 0.15) is 0 Å². The van der Waals surface area contributed by atoms with Crippen LogP contribution >= 0.6 is 0 Å². The molecule has 11 heavy (non-hydrogen) atoms. The van der Waals surface area contributed by atoms with Crippen molar-refractivity contribution in [1.29, 1.82) is 0 Å². The first-order chi connectivity index (χ1) is 5.22. The number of ether oxygens (including phenoxy) is 1.